The van der Waals surface area contributed by atoms with Gasteiger partial charge in [-0.2, -0.15) is 0 Å². The summed E-state index contributed by atoms with van der Waals surface area (Å²) in [7, 11) is 2.20. The molecule has 0 aliphatic carbocycles. The summed E-state index contributed by atoms with van der Waals surface area (Å²) in [5.41, 5.74) is 7.05. The third-order valence-corrected chi connectivity index (χ3v) is 9.24. The minimum atomic E-state index is -1.93. The van der Waals surface area contributed by atoms with E-state index in [0.717, 1.165) is 0 Å². The number of hydrogen-bond acceptors (Lipinski definition) is 0. The molecule has 2 rings (SSSR count). The van der Waals surface area contributed by atoms with Crippen LogP contribution in [0.2, 0.25) is 17.3 Å². The second-order valence-electron chi connectivity index (χ2n) is 8.77. The first-order valence-corrected chi connectivity index (χ1v) is 16.5. The average molecular weight is 385 g/mol. The first-order chi connectivity index (χ1) is 11.0. The number of pyridine rings is 1. The summed E-state index contributed by atoms with van der Waals surface area (Å²) >= 11 is -1.93. The van der Waals surface area contributed by atoms with E-state index in [2.05, 4.69) is 94.0 Å². The Bertz CT molecular complexity index is 736. The maximum atomic E-state index is 2.50. The molecular weight excluding hydrogens is 351 g/mol. The van der Waals surface area contributed by atoms with E-state index < -0.39 is 13.3 Å². The maximum absolute atomic E-state index is 2.50. The average Bonchev–Trinajstić information content (AvgIpc) is 2.46. The van der Waals surface area contributed by atoms with E-state index in [4.69, 9.17) is 0 Å². The van der Waals surface area contributed by atoms with Gasteiger partial charge >= 0.3 is 151 Å². The molecule has 0 aliphatic rings. The zero-order valence-corrected chi connectivity index (χ0v) is 19.1. The summed E-state index contributed by atoms with van der Waals surface area (Å²) in [5, 5.41) is 0. The molecule has 1 aromatic carbocycles. The van der Waals surface area contributed by atoms with Crippen LogP contribution >= 0.6 is 0 Å². The second-order valence-corrected chi connectivity index (χ2v) is 19.3. The molecule has 0 saturated heterocycles. The summed E-state index contributed by atoms with van der Waals surface area (Å²) in [5.74, 6) is 8.64. The number of benzene rings is 1. The van der Waals surface area contributed by atoms with Crippen LogP contribution in [-0.4, -0.2) is 13.3 Å². The zero-order chi connectivity index (χ0) is 18.2. The molecule has 1 aromatic heterocycles. The fraction of sp³-hybridized carbons (Fsp3) is 0.500. The summed E-state index contributed by atoms with van der Waals surface area (Å²) < 4.78 is 3.98. The van der Waals surface area contributed by atoms with Crippen LogP contribution in [0, 0.1) is 6.92 Å². The van der Waals surface area contributed by atoms with Crippen LogP contribution in [0.25, 0.3) is 11.3 Å². The van der Waals surface area contributed by atoms with Gasteiger partial charge in [-0.1, -0.05) is 0 Å². The van der Waals surface area contributed by atoms with Crippen molar-refractivity contribution in [2.75, 3.05) is 0 Å². The fourth-order valence-electron chi connectivity index (χ4n) is 3.32. The van der Waals surface area contributed by atoms with E-state index in [-0.39, 0.29) is 0 Å². The molecule has 0 unspecified atom stereocenters. The summed E-state index contributed by atoms with van der Waals surface area (Å²) in [6.45, 7) is 11.4. The Morgan fingerprint density at radius 1 is 0.917 bits per heavy atom. The Balaban J connectivity index is 2.74. The van der Waals surface area contributed by atoms with Crippen LogP contribution in [0.5, 0.6) is 0 Å². The molecule has 0 N–H and O–H groups in total. The quantitative estimate of drug-likeness (QED) is 0.498. The SMILES string of the molecule is Cc1ccc(C(C)C)cc1-c1c[c]([Ge]([CH3])([CH3])[CH3])c(C(C)C)c[n+]1C. The number of nitrogens with zero attached hydrogens (tertiary/aromatic N) is 1. The van der Waals surface area contributed by atoms with Crippen molar-refractivity contribution in [1.82, 2.24) is 0 Å². The normalized spacial score (nSPS) is 12.3. The standard InChI is InChI=1S/C22H34GeN/c1-15(2)18-11-10-17(5)19(12-18)22-13-21(23(6,7)8)20(16(3)4)14-24(22)9/h10-16H,1-9H3/q+1. The van der Waals surface area contributed by atoms with Gasteiger partial charge in [0.1, 0.15) is 0 Å². The molecule has 0 bridgehead atoms. The Hall–Kier alpha value is -1.09. The van der Waals surface area contributed by atoms with E-state index in [9.17, 15) is 0 Å². The molecule has 24 heavy (non-hydrogen) atoms. The van der Waals surface area contributed by atoms with Crippen molar-refractivity contribution in [3.05, 3.63) is 47.2 Å². The minimum absolute atomic E-state index is 0.560. The van der Waals surface area contributed by atoms with E-state index in [1.807, 2.05) is 0 Å². The van der Waals surface area contributed by atoms with Gasteiger partial charge in [-0.15, -0.1) is 0 Å². The van der Waals surface area contributed by atoms with Gasteiger partial charge in [0, 0.05) is 0 Å². The molecule has 130 valence electrons. The Kier molecular flexibility index (Phi) is 5.64. The summed E-state index contributed by atoms with van der Waals surface area (Å²) in [6, 6.07) is 9.44. The van der Waals surface area contributed by atoms with Crippen molar-refractivity contribution in [3.8, 4) is 11.3 Å². The Labute approximate surface area is 151 Å². The molecular formula is C22H34GeN+. The van der Waals surface area contributed by atoms with E-state index in [1.165, 1.54) is 27.9 Å². The summed E-state index contributed by atoms with van der Waals surface area (Å²) in [6.07, 6.45) is 2.38. The van der Waals surface area contributed by atoms with Crippen LogP contribution in [0.1, 0.15) is 56.2 Å². The van der Waals surface area contributed by atoms with Crippen molar-refractivity contribution < 1.29 is 4.57 Å². The van der Waals surface area contributed by atoms with Crippen molar-refractivity contribution >= 4 is 17.7 Å². The monoisotopic (exact) mass is 386 g/mol. The number of hydrogen-bond donors (Lipinski definition) is 0. The number of rotatable bonds is 4. The fourth-order valence-corrected chi connectivity index (χ4v) is 7.08. The first-order valence-electron chi connectivity index (χ1n) is 9.17. The summed E-state index contributed by atoms with van der Waals surface area (Å²) in [4.78, 5) is 0. The molecule has 0 aliphatic heterocycles. The van der Waals surface area contributed by atoms with Crippen molar-refractivity contribution in [1.29, 1.82) is 0 Å². The van der Waals surface area contributed by atoms with Crippen LogP contribution < -0.4 is 8.96 Å². The van der Waals surface area contributed by atoms with E-state index in [1.54, 1.807) is 4.40 Å². The molecule has 2 aromatic rings. The topological polar surface area (TPSA) is 3.88 Å². The van der Waals surface area contributed by atoms with Gasteiger partial charge in [-0.3, -0.25) is 0 Å². The van der Waals surface area contributed by atoms with Crippen LogP contribution in [0.3, 0.4) is 0 Å². The van der Waals surface area contributed by atoms with Gasteiger partial charge in [-0.25, -0.2) is 0 Å². The van der Waals surface area contributed by atoms with Crippen molar-refractivity contribution in [3.63, 3.8) is 0 Å². The Morgan fingerprint density at radius 3 is 2.04 bits per heavy atom. The number of aromatic nitrogens is 1. The molecule has 0 atom stereocenters. The molecule has 0 saturated carbocycles. The van der Waals surface area contributed by atoms with E-state index in [0.29, 0.717) is 11.8 Å². The molecule has 0 radical (unpaired) electrons. The third kappa shape index (κ3) is 3.93. The van der Waals surface area contributed by atoms with Gasteiger partial charge in [-0.05, 0) is 0 Å². The second kappa shape index (κ2) is 7.03. The first kappa shape index (κ1) is 19.2. The van der Waals surface area contributed by atoms with E-state index >= 15 is 0 Å². The van der Waals surface area contributed by atoms with Crippen molar-refractivity contribution in [2.24, 2.45) is 7.05 Å². The van der Waals surface area contributed by atoms with Gasteiger partial charge in [0.25, 0.3) is 0 Å². The number of aryl methyl sites for hydroxylation is 2. The predicted octanol–water partition coefficient (Wildman–Crippen LogP) is 5.28. The van der Waals surface area contributed by atoms with Gasteiger partial charge < -0.3 is 0 Å². The van der Waals surface area contributed by atoms with Crippen LogP contribution in [0.4, 0.5) is 0 Å². The molecule has 2 heteroatoms. The van der Waals surface area contributed by atoms with Gasteiger partial charge in [0.05, 0.1) is 0 Å². The predicted molar refractivity (Wildman–Crippen MR) is 109 cm³/mol. The Morgan fingerprint density at radius 2 is 1.54 bits per heavy atom. The molecule has 0 amide bonds. The molecule has 0 fully saturated rings. The van der Waals surface area contributed by atoms with Crippen molar-refractivity contribution in [2.45, 2.75) is 63.7 Å². The molecule has 1 nitrogen and oxygen atoms in total. The molecule has 1 heterocycles. The van der Waals surface area contributed by atoms with Gasteiger partial charge in [0.2, 0.25) is 0 Å². The third-order valence-electron chi connectivity index (χ3n) is 4.94. The van der Waals surface area contributed by atoms with Crippen LogP contribution in [-0.2, 0) is 7.05 Å². The van der Waals surface area contributed by atoms with Gasteiger partial charge in [0.15, 0.2) is 0 Å². The molecule has 0 spiro atoms. The zero-order valence-electron chi connectivity index (χ0n) is 17.0. The van der Waals surface area contributed by atoms with Crippen LogP contribution in [0.15, 0.2) is 30.5 Å².